The standard InChI is InChI=1S/C15H30N4O/c1-10(2)12(11(3)4)8-16-14-19-18-13(20-14)9-17-15(5,6)7/h10-12,17H,8-9H2,1-7H3,(H,16,19). The molecule has 2 N–H and O–H groups in total. The fraction of sp³-hybridized carbons (Fsp3) is 0.867. The maximum atomic E-state index is 5.59. The van der Waals surface area contributed by atoms with Gasteiger partial charge in [0.15, 0.2) is 0 Å². The first-order valence-electron chi connectivity index (χ1n) is 7.50. The Balaban J connectivity index is 2.48. The molecule has 0 fully saturated rings. The van der Waals surface area contributed by atoms with Crippen LogP contribution in [0.3, 0.4) is 0 Å². The van der Waals surface area contributed by atoms with Gasteiger partial charge in [0.25, 0.3) is 0 Å². The molecule has 1 aromatic rings. The van der Waals surface area contributed by atoms with E-state index >= 15 is 0 Å². The summed E-state index contributed by atoms with van der Waals surface area (Å²) in [5.41, 5.74) is 0.0441. The molecule has 5 heteroatoms. The molecule has 0 saturated heterocycles. The zero-order valence-electron chi connectivity index (χ0n) is 13.9. The highest BCUT2D eigenvalue weighted by atomic mass is 16.4. The van der Waals surface area contributed by atoms with Crippen LogP contribution in [0.2, 0.25) is 0 Å². The summed E-state index contributed by atoms with van der Waals surface area (Å²) in [6.45, 7) is 16.8. The zero-order chi connectivity index (χ0) is 15.3. The lowest BCUT2D eigenvalue weighted by atomic mass is 9.85. The third-order valence-corrected chi connectivity index (χ3v) is 3.44. The van der Waals surface area contributed by atoms with Crippen molar-refractivity contribution in [3.8, 4) is 0 Å². The summed E-state index contributed by atoms with van der Waals surface area (Å²) in [5, 5.41) is 14.7. The first-order valence-corrected chi connectivity index (χ1v) is 7.50. The summed E-state index contributed by atoms with van der Waals surface area (Å²) >= 11 is 0. The first kappa shape index (κ1) is 17.0. The van der Waals surface area contributed by atoms with Crippen molar-refractivity contribution in [2.45, 2.75) is 60.5 Å². The van der Waals surface area contributed by atoms with Crippen molar-refractivity contribution in [1.82, 2.24) is 15.5 Å². The molecule has 1 rings (SSSR count). The fourth-order valence-electron chi connectivity index (χ4n) is 2.18. The molecule has 0 radical (unpaired) electrons. The van der Waals surface area contributed by atoms with E-state index in [2.05, 4.69) is 69.3 Å². The Morgan fingerprint density at radius 1 is 1.05 bits per heavy atom. The average Bonchev–Trinajstić information content (AvgIpc) is 2.72. The van der Waals surface area contributed by atoms with Crippen LogP contribution in [0.15, 0.2) is 4.42 Å². The lowest BCUT2D eigenvalue weighted by Gasteiger charge is -2.24. The van der Waals surface area contributed by atoms with Crippen molar-refractivity contribution in [2.75, 3.05) is 11.9 Å². The predicted molar refractivity (Wildman–Crippen MR) is 82.5 cm³/mol. The maximum Gasteiger partial charge on any atom is 0.315 e. The van der Waals surface area contributed by atoms with Crippen molar-refractivity contribution in [3.63, 3.8) is 0 Å². The molecule has 0 spiro atoms. The zero-order valence-corrected chi connectivity index (χ0v) is 13.9. The van der Waals surface area contributed by atoms with Crippen LogP contribution in [0.1, 0.15) is 54.4 Å². The Labute approximate surface area is 122 Å². The third-order valence-electron chi connectivity index (χ3n) is 3.44. The Hall–Kier alpha value is -1.10. The number of rotatable bonds is 7. The molecule has 0 saturated carbocycles. The number of nitrogens with zero attached hydrogens (tertiary/aromatic N) is 2. The molecular weight excluding hydrogens is 252 g/mol. The largest absolute Gasteiger partial charge is 0.407 e. The molecule has 116 valence electrons. The second-order valence-electron chi connectivity index (χ2n) is 7.14. The number of aromatic nitrogens is 2. The van der Waals surface area contributed by atoms with Gasteiger partial charge in [0, 0.05) is 12.1 Å². The van der Waals surface area contributed by atoms with Crippen molar-refractivity contribution < 1.29 is 4.42 Å². The van der Waals surface area contributed by atoms with Crippen molar-refractivity contribution in [2.24, 2.45) is 17.8 Å². The monoisotopic (exact) mass is 282 g/mol. The van der Waals surface area contributed by atoms with Crippen LogP contribution >= 0.6 is 0 Å². The van der Waals surface area contributed by atoms with Crippen molar-refractivity contribution in [1.29, 1.82) is 0 Å². The van der Waals surface area contributed by atoms with Crippen LogP contribution < -0.4 is 10.6 Å². The number of anilines is 1. The molecule has 20 heavy (non-hydrogen) atoms. The highest BCUT2D eigenvalue weighted by molar-refractivity contribution is 5.17. The molecule has 0 bridgehead atoms. The van der Waals surface area contributed by atoms with Crippen molar-refractivity contribution in [3.05, 3.63) is 5.89 Å². The fourth-order valence-corrected chi connectivity index (χ4v) is 2.18. The van der Waals surface area contributed by atoms with Gasteiger partial charge >= 0.3 is 6.01 Å². The van der Waals surface area contributed by atoms with E-state index in [9.17, 15) is 0 Å². The van der Waals surface area contributed by atoms with E-state index in [-0.39, 0.29) is 5.54 Å². The van der Waals surface area contributed by atoms with Gasteiger partial charge in [-0.25, -0.2) is 0 Å². The minimum absolute atomic E-state index is 0.0441. The second-order valence-corrected chi connectivity index (χ2v) is 7.14. The predicted octanol–water partition coefficient (Wildman–Crippen LogP) is 3.30. The average molecular weight is 282 g/mol. The van der Waals surface area contributed by atoms with E-state index in [4.69, 9.17) is 4.42 Å². The molecule has 0 aromatic carbocycles. The molecule has 0 aliphatic rings. The smallest absolute Gasteiger partial charge is 0.315 e. The highest BCUT2D eigenvalue weighted by Gasteiger charge is 2.18. The van der Waals surface area contributed by atoms with E-state index < -0.39 is 0 Å². The molecule has 0 aliphatic carbocycles. The number of nitrogens with one attached hydrogen (secondary N) is 2. The van der Waals surface area contributed by atoms with Crippen LogP contribution in [0.5, 0.6) is 0 Å². The summed E-state index contributed by atoms with van der Waals surface area (Å²) < 4.78 is 5.59. The van der Waals surface area contributed by atoms with E-state index in [1.54, 1.807) is 0 Å². The van der Waals surface area contributed by atoms with Gasteiger partial charge in [0.05, 0.1) is 6.54 Å². The minimum atomic E-state index is 0.0441. The normalized spacial score (nSPS) is 12.7. The lowest BCUT2D eigenvalue weighted by Crippen LogP contribution is -2.35. The summed E-state index contributed by atoms with van der Waals surface area (Å²) in [7, 11) is 0. The number of hydrogen-bond donors (Lipinski definition) is 2. The molecule has 0 unspecified atom stereocenters. The van der Waals surface area contributed by atoms with Gasteiger partial charge < -0.3 is 15.1 Å². The summed E-state index contributed by atoms with van der Waals surface area (Å²) in [4.78, 5) is 0. The molecule has 0 amide bonds. The van der Waals surface area contributed by atoms with Gasteiger partial charge in [-0.1, -0.05) is 32.8 Å². The summed E-state index contributed by atoms with van der Waals surface area (Å²) in [5.74, 6) is 2.48. The van der Waals surface area contributed by atoms with E-state index in [1.165, 1.54) is 0 Å². The van der Waals surface area contributed by atoms with Gasteiger partial charge in [-0.3, -0.25) is 0 Å². The SMILES string of the molecule is CC(C)C(CNc1nnc(CNC(C)(C)C)o1)C(C)C. The van der Waals surface area contributed by atoms with Crippen LogP contribution in [-0.2, 0) is 6.54 Å². The lowest BCUT2D eigenvalue weighted by molar-refractivity contribution is 0.302. The molecule has 5 nitrogen and oxygen atoms in total. The molecule has 0 aliphatic heterocycles. The van der Waals surface area contributed by atoms with Gasteiger partial charge in [0.2, 0.25) is 5.89 Å². The Bertz CT molecular complexity index is 385. The van der Waals surface area contributed by atoms with Crippen LogP contribution in [-0.4, -0.2) is 22.3 Å². The van der Waals surface area contributed by atoms with E-state index in [1.807, 2.05) is 0 Å². The topological polar surface area (TPSA) is 63.0 Å². The summed E-state index contributed by atoms with van der Waals surface area (Å²) in [6, 6.07) is 0.516. The van der Waals surface area contributed by atoms with Gasteiger partial charge in [-0.2, -0.15) is 0 Å². The van der Waals surface area contributed by atoms with Crippen molar-refractivity contribution >= 4 is 6.01 Å². The Kier molecular flexibility index (Phi) is 5.99. The van der Waals surface area contributed by atoms with Crippen LogP contribution in [0.4, 0.5) is 6.01 Å². The van der Waals surface area contributed by atoms with Gasteiger partial charge in [-0.05, 0) is 38.5 Å². The Morgan fingerprint density at radius 2 is 1.65 bits per heavy atom. The van der Waals surface area contributed by atoms with Crippen LogP contribution in [0, 0.1) is 17.8 Å². The molecule has 0 atom stereocenters. The second kappa shape index (κ2) is 7.07. The van der Waals surface area contributed by atoms with E-state index in [0.29, 0.717) is 36.2 Å². The Morgan fingerprint density at radius 3 is 2.15 bits per heavy atom. The minimum Gasteiger partial charge on any atom is -0.407 e. The quantitative estimate of drug-likeness (QED) is 0.803. The van der Waals surface area contributed by atoms with Gasteiger partial charge in [-0.15, -0.1) is 5.10 Å². The van der Waals surface area contributed by atoms with Gasteiger partial charge in [0.1, 0.15) is 0 Å². The third kappa shape index (κ3) is 5.90. The van der Waals surface area contributed by atoms with Crippen LogP contribution in [0.25, 0.3) is 0 Å². The van der Waals surface area contributed by atoms with E-state index in [0.717, 1.165) is 6.54 Å². The highest BCUT2D eigenvalue weighted by Crippen LogP contribution is 2.21. The summed E-state index contributed by atoms with van der Waals surface area (Å²) in [6.07, 6.45) is 0. The molecular formula is C15H30N4O. The number of hydrogen-bond acceptors (Lipinski definition) is 5. The molecule has 1 aromatic heterocycles. The maximum absolute atomic E-state index is 5.59. The first-order chi connectivity index (χ1) is 9.19. The molecule has 1 heterocycles.